The molecule has 2 N–H and O–H groups in total. The van der Waals surface area contributed by atoms with Crippen molar-refractivity contribution < 1.29 is 0 Å². The first-order valence-electron chi connectivity index (χ1n) is 3.71. The summed E-state index contributed by atoms with van der Waals surface area (Å²) in [5.74, 6) is 0. The largest absolute Gasteiger partial charge is 0.398 e. The Bertz CT molecular complexity index is 412. The van der Waals surface area contributed by atoms with E-state index in [0.717, 1.165) is 20.6 Å². The van der Waals surface area contributed by atoms with Gasteiger partial charge in [-0.25, -0.2) is 0 Å². The molecule has 13 heavy (non-hydrogen) atoms. The Morgan fingerprint density at radius 2 is 2.23 bits per heavy atom. The molecule has 0 atom stereocenters. The maximum Gasteiger partial charge on any atom is 0.0797 e. The van der Waals surface area contributed by atoms with Crippen molar-refractivity contribution in [3.8, 4) is 10.4 Å². The molecule has 0 bridgehead atoms. The number of nitrogens with zero attached hydrogens (tertiary/aromatic N) is 1. The van der Waals surface area contributed by atoms with E-state index >= 15 is 0 Å². The molecule has 0 spiro atoms. The summed E-state index contributed by atoms with van der Waals surface area (Å²) in [4.78, 5) is 5.15. The number of rotatable bonds is 1. The van der Waals surface area contributed by atoms with Crippen LogP contribution in [0.2, 0.25) is 0 Å². The fourth-order valence-corrected chi connectivity index (χ4v) is 1.92. The van der Waals surface area contributed by atoms with E-state index in [2.05, 4.69) is 20.9 Å². The Hall–Kier alpha value is -0.870. The monoisotopic (exact) mass is 254 g/mol. The lowest BCUT2D eigenvalue weighted by molar-refractivity contribution is 1.42. The van der Waals surface area contributed by atoms with Crippen LogP contribution >= 0.6 is 27.3 Å². The molecule has 0 aliphatic rings. The van der Waals surface area contributed by atoms with Crippen molar-refractivity contribution >= 4 is 33.0 Å². The predicted octanol–water partition coefficient (Wildman–Crippen LogP) is 3.15. The summed E-state index contributed by atoms with van der Waals surface area (Å²) in [6.07, 6.45) is 1.84. The highest BCUT2D eigenvalue weighted by atomic mass is 79.9. The molecule has 1 aromatic heterocycles. The molecule has 0 aliphatic heterocycles. The maximum atomic E-state index is 5.76. The van der Waals surface area contributed by atoms with Crippen molar-refractivity contribution in [3.63, 3.8) is 0 Å². The van der Waals surface area contributed by atoms with Gasteiger partial charge in [-0.2, -0.15) is 0 Å². The third-order valence-electron chi connectivity index (χ3n) is 1.71. The summed E-state index contributed by atoms with van der Waals surface area (Å²) in [5, 5.41) is 0. The highest BCUT2D eigenvalue weighted by Gasteiger charge is 2.01. The number of nitrogens with two attached hydrogens (primary N) is 1. The number of halogens is 1. The van der Waals surface area contributed by atoms with Crippen LogP contribution in [0.25, 0.3) is 10.4 Å². The molecule has 2 rings (SSSR count). The second-order valence-corrected chi connectivity index (χ2v) is 4.34. The van der Waals surface area contributed by atoms with Crippen LogP contribution in [-0.2, 0) is 0 Å². The van der Waals surface area contributed by atoms with Crippen molar-refractivity contribution in [2.45, 2.75) is 0 Å². The van der Waals surface area contributed by atoms with Gasteiger partial charge in [-0.3, -0.25) is 4.98 Å². The molecule has 1 aromatic carbocycles. The lowest BCUT2D eigenvalue weighted by Gasteiger charge is -2.00. The average molecular weight is 255 g/mol. The van der Waals surface area contributed by atoms with Gasteiger partial charge in [0.1, 0.15) is 0 Å². The van der Waals surface area contributed by atoms with Gasteiger partial charge in [0, 0.05) is 16.4 Å². The number of nitrogen functional groups attached to an aromatic ring is 1. The van der Waals surface area contributed by atoms with Crippen LogP contribution in [0, 0.1) is 0 Å². The Morgan fingerprint density at radius 1 is 1.38 bits per heavy atom. The van der Waals surface area contributed by atoms with Crippen molar-refractivity contribution in [1.82, 2.24) is 4.98 Å². The van der Waals surface area contributed by atoms with Gasteiger partial charge >= 0.3 is 0 Å². The van der Waals surface area contributed by atoms with Gasteiger partial charge in [0.2, 0.25) is 0 Å². The zero-order valence-electron chi connectivity index (χ0n) is 6.70. The van der Waals surface area contributed by atoms with E-state index in [1.54, 1.807) is 11.3 Å². The van der Waals surface area contributed by atoms with E-state index in [1.807, 2.05) is 29.9 Å². The Labute approximate surface area is 88.6 Å². The van der Waals surface area contributed by atoms with E-state index in [9.17, 15) is 0 Å². The molecule has 1 heterocycles. The van der Waals surface area contributed by atoms with Crippen LogP contribution in [0.3, 0.4) is 0 Å². The molecule has 0 aliphatic carbocycles. The number of benzene rings is 1. The smallest absolute Gasteiger partial charge is 0.0797 e. The van der Waals surface area contributed by atoms with Crippen molar-refractivity contribution in [1.29, 1.82) is 0 Å². The molecule has 0 amide bonds. The van der Waals surface area contributed by atoms with Gasteiger partial charge in [-0.1, -0.05) is 6.07 Å². The molecule has 0 radical (unpaired) electrons. The summed E-state index contributed by atoms with van der Waals surface area (Å²) < 4.78 is 0.931. The molecule has 0 fully saturated rings. The molecule has 0 unspecified atom stereocenters. The van der Waals surface area contributed by atoms with Crippen LogP contribution in [-0.4, -0.2) is 4.98 Å². The molecule has 66 valence electrons. The zero-order valence-corrected chi connectivity index (χ0v) is 9.10. The van der Waals surface area contributed by atoms with E-state index in [0.29, 0.717) is 0 Å². The molecule has 0 saturated heterocycles. The van der Waals surface area contributed by atoms with Crippen molar-refractivity contribution in [3.05, 3.63) is 34.4 Å². The summed E-state index contributed by atoms with van der Waals surface area (Å²) in [6.45, 7) is 0. The Kier molecular flexibility index (Phi) is 2.33. The first-order valence-corrected chi connectivity index (χ1v) is 5.38. The predicted molar refractivity (Wildman–Crippen MR) is 59.7 cm³/mol. The second-order valence-electron chi connectivity index (χ2n) is 2.60. The van der Waals surface area contributed by atoms with Gasteiger partial charge in [-0.15, -0.1) is 11.3 Å². The Balaban J connectivity index is 2.49. The van der Waals surface area contributed by atoms with Crippen molar-refractivity contribution in [2.24, 2.45) is 0 Å². The second kappa shape index (κ2) is 3.47. The first-order chi connectivity index (χ1) is 6.27. The molecule has 0 saturated carbocycles. The van der Waals surface area contributed by atoms with Gasteiger partial charge in [0.25, 0.3) is 0 Å². The van der Waals surface area contributed by atoms with Crippen LogP contribution in [0.4, 0.5) is 5.69 Å². The number of aromatic nitrogens is 1. The average Bonchev–Trinajstić information content (AvgIpc) is 2.62. The standard InChI is InChI=1S/C9H7BrN2S/c10-7-2-1-6(3-8(7)11)9-4-12-5-13-9/h1-5H,11H2. The van der Waals surface area contributed by atoms with Crippen LogP contribution in [0.5, 0.6) is 0 Å². The number of anilines is 1. The van der Waals surface area contributed by atoms with Gasteiger partial charge in [0.15, 0.2) is 0 Å². The third-order valence-corrected chi connectivity index (χ3v) is 3.26. The number of hydrogen-bond donors (Lipinski definition) is 1. The summed E-state index contributed by atoms with van der Waals surface area (Å²) in [7, 11) is 0. The topological polar surface area (TPSA) is 38.9 Å². The molecule has 4 heteroatoms. The highest BCUT2D eigenvalue weighted by Crippen LogP contribution is 2.28. The lowest BCUT2D eigenvalue weighted by atomic mass is 10.2. The summed E-state index contributed by atoms with van der Waals surface area (Å²) in [6, 6.07) is 5.91. The third kappa shape index (κ3) is 1.73. The van der Waals surface area contributed by atoms with E-state index in [-0.39, 0.29) is 0 Å². The fraction of sp³-hybridized carbons (Fsp3) is 0. The molecule has 2 aromatic rings. The van der Waals surface area contributed by atoms with Crippen LogP contribution < -0.4 is 5.73 Å². The van der Waals surface area contributed by atoms with E-state index in [4.69, 9.17) is 5.73 Å². The summed E-state index contributed by atoms with van der Waals surface area (Å²) >= 11 is 4.96. The van der Waals surface area contributed by atoms with Gasteiger partial charge in [-0.05, 0) is 33.6 Å². The quantitative estimate of drug-likeness (QED) is 0.795. The van der Waals surface area contributed by atoms with Gasteiger partial charge < -0.3 is 5.73 Å². The number of hydrogen-bond acceptors (Lipinski definition) is 3. The molecule has 2 nitrogen and oxygen atoms in total. The Morgan fingerprint density at radius 3 is 2.85 bits per heavy atom. The molecular weight excluding hydrogens is 248 g/mol. The fourth-order valence-electron chi connectivity index (χ4n) is 1.06. The van der Waals surface area contributed by atoms with Crippen LogP contribution in [0.15, 0.2) is 34.4 Å². The maximum absolute atomic E-state index is 5.76. The first kappa shape index (κ1) is 8.72. The highest BCUT2D eigenvalue weighted by molar-refractivity contribution is 9.10. The van der Waals surface area contributed by atoms with Gasteiger partial charge in [0.05, 0.1) is 10.4 Å². The van der Waals surface area contributed by atoms with Crippen LogP contribution in [0.1, 0.15) is 0 Å². The number of thiazole rings is 1. The summed E-state index contributed by atoms with van der Waals surface area (Å²) in [5.41, 5.74) is 9.45. The lowest BCUT2D eigenvalue weighted by Crippen LogP contribution is -1.86. The van der Waals surface area contributed by atoms with Crippen molar-refractivity contribution in [2.75, 3.05) is 5.73 Å². The molecular formula is C9H7BrN2S. The van der Waals surface area contributed by atoms with E-state index < -0.39 is 0 Å². The SMILES string of the molecule is Nc1cc(-c2cncs2)ccc1Br. The minimum Gasteiger partial charge on any atom is -0.398 e. The normalized spacial score (nSPS) is 10.2. The zero-order chi connectivity index (χ0) is 9.26. The minimum absolute atomic E-state index is 0.755. The van der Waals surface area contributed by atoms with E-state index in [1.165, 1.54) is 0 Å². The minimum atomic E-state index is 0.755.